The molecule has 0 bridgehead atoms. The average Bonchev–Trinajstić information content (AvgIpc) is 2.71. The highest BCUT2D eigenvalue weighted by Crippen LogP contribution is 2.29. The Labute approximate surface area is 119 Å². The summed E-state index contributed by atoms with van der Waals surface area (Å²) in [7, 11) is 1.79. The Morgan fingerprint density at radius 1 is 1.21 bits per heavy atom. The number of nitrogens with two attached hydrogens (primary N) is 1. The lowest BCUT2D eigenvalue weighted by molar-refractivity contribution is 0.0604. The van der Waals surface area contributed by atoms with Gasteiger partial charge >= 0.3 is 0 Å². The van der Waals surface area contributed by atoms with Crippen molar-refractivity contribution in [2.45, 2.75) is 70.9 Å². The molecule has 1 aliphatic carbocycles. The molecule has 2 atom stereocenters. The Morgan fingerprint density at radius 2 is 1.84 bits per heavy atom. The minimum Gasteiger partial charge on any atom is -0.383 e. The highest BCUT2D eigenvalue weighted by Gasteiger charge is 2.29. The van der Waals surface area contributed by atoms with Crippen molar-refractivity contribution in [2.24, 2.45) is 11.7 Å². The van der Waals surface area contributed by atoms with Crippen LogP contribution in [0, 0.1) is 5.92 Å². The Kier molecular flexibility index (Phi) is 8.67. The van der Waals surface area contributed by atoms with Gasteiger partial charge in [0.15, 0.2) is 0 Å². The Balaban J connectivity index is 2.68. The fraction of sp³-hybridized carbons (Fsp3) is 1.00. The zero-order valence-corrected chi connectivity index (χ0v) is 13.2. The highest BCUT2D eigenvalue weighted by atomic mass is 16.5. The number of nitrogens with zero attached hydrogens (tertiary/aromatic N) is 1. The van der Waals surface area contributed by atoms with E-state index >= 15 is 0 Å². The second kappa shape index (κ2) is 9.73. The summed E-state index contributed by atoms with van der Waals surface area (Å²) in [6, 6.07) is 1.15. The summed E-state index contributed by atoms with van der Waals surface area (Å²) in [6.07, 6.45) is 9.51. The molecule has 2 unspecified atom stereocenters. The molecule has 0 aliphatic heterocycles. The van der Waals surface area contributed by atoms with Crippen LogP contribution >= 0.6 is 0 Å². The summed E-state index contributed by atoms with van der Waals surface area (Å²) < 4.78 is 5.29. The lowest BCUT2D eigenvalue weighted by Gasteiger charge is -2.40. The first-order chi connectivity index (χ1) is 9.24. The molecule has 114 valence electrons. The van der Waals surface area contributed by atoms with Crippen molar-refractivity contribution in [2.75, 3.05) is 26.8 Å². The molecule has 0 amide bonds. The van der Waals surface area contributed by atoms with Crippen LogP contribution in [0.2, 0.25) is 0 Å². The van der Waals surface area contributed by atoms with Crippen LogP contribution in [0.4, 0.5) is 0 Å². The monoisotopic (exact) mass is 270 g/mol. The van der Waals surface area contributed by atoms with Gasteiger partial charge in [0.05, 0.1) is 6.61 Å². The van der Waals surface area contributed by atoms with Crippen molar-refractivity contribution >= 4 is 0 Å². The van der Waals surface area contributed by atoms with Crippen LogP contribution in [0.25, 0.3) is 0 Å². The van der Waals surface area contributed by atoms with E-state index in [1.54, 1.807) is 7.11 Å². The Hall–Kier alpha value is -0.120. The molecular formula is C16H34N2O. The minimum absolute atomic E-state index is 0.545. The van der Waals surface area contributed by atoms with Gasteiger partial charge in [-0.15, -0.1) is 0 Å². The summed E-state index contributed by atoms with van der Waals surface area (Å²) >= 11 is 0. The maximum Gasteiger partial charge on any atom is 0.0589 e. The predicted octanol–water partition coefficient (Wildman–Crippen LogP) is 3.03. The first kappa shape index (κ1) is 16.9. The van der Waals surface area contributed by atoms with Gasteiger partial charge in [0.1, 0.15) is 0 Å². The van der Waals surface area contributed by atoms with Crippen LogP contribution in [-0.2, 0) is 4.74 Å². The fourth-order valence-corrected chi connectivity index (χ4v) is 3.44. The number of rotatable bonds is 8. The molecule has 19 heavy (non-hydrogen) atoms. The molecule has 3 nitrogen and oxygen atoms in total. The fourth-order valence-electron chi connectivity index (χ4n) is 3.44. The number of methoxy groups -OCH3 is 1. The van der Waals surface area contributed by atoms with Crippen molar-refractivity contribution in [3.8, 4) is 0 Å². The van der Waals surface area contributed by atoms with E-state index in [-0.39, 0.29) is 0 Å². The minimum atomic E-state index is 0.545. The van der Waals surface area contributed by atoms with Crippen LogP contribution in [0.1, 0.15) is 58.8 Å². The number of ether oxygens (including phenoxy) is 1. The molecule has 1 rings (SSSR count). The van der Waals surface area contributed by atoms with E-state index in [4.69, 9.17) is 10.5 Å². The Morgan fingerprint density at radius 3 is 2.32 bits per heavy atom. The van der Waals surface area contributed by atoms with E-state index in [0.717, 1.165) is 25.6 Å². The van der Waals surface area contributed by atoms with Gasteiger partial charge in [-0.1, -0.05) is 32.6 Å². The largest absolute Gasteiger partial charge is 0.383 e. The third-order valence-electron chi connectivity index (χ3n) is 4.82. The van der Waals surface area contributed by atoms with E-state index in [1.807, 2.05) is 0 Å². The molecule has 0 aromatic rings. The van der Waals surface area contributed by atoms with E-state index < -0.39 is 0 Å². The number of hydrogen-bond acceptors (Lipinski definition) is 3. The van der Waals surface area contributed by atoms with Crippen molar-refractivity contribution in [1.29, 1.82) is 0 Å². The third-order valence-corrected chi connectivity index (χ3v) is 4.82. The van der Waals surface area contributed by atoms with Gasteiger partial charge in [0.25, 0.3) is 0 Å². The summed E-state index contributed by atoms with van der Waals surface area (Å²) in [5, 5.41) is 0. The zero-order chi connectivity index (χ0) is 14.1. The van der Waals surface area contributed by atoms with Crippen molar-refractivity contribution in [3.05, 3.63) is 0 Å². The topological polar surface area (TPSA) is 38.5 Å². The molecule has 0 saturated heterocycles. The summed E-state index contributed by atoms with van der Waals surface area (Å²) in [6.45, 7) is 7.22. The standard InChI is InChI=1S/C16H34N2O/c1-4-14(2)18(11-12-19-3)16(13-17)15-9-7-5-6-8-10-15/h14-16H,4-13,17H2,1-3H3. The van der Waals surface area contributed by atoms with Crippen molar-refractivity contribution in [1.82, 2.24) is 4.90 Å². The van der Waals surface area contributed by atoms with Crippen LogP contribution in [0.15, 0.2) is 0 Å². The zero-order valence-electron chi connectivity index (χ0n) is 13.2. The normalized spacial score (nSPS) is 21.3. The molecule has 3 heteroatoms. The number of hydrogen-bond donors (Lipinski definition) is 1. The van der Waals surface area contributed by atoms with E-state index in [9.17, 15) is 0 Å². The molecule has 0 radical (unpaired) electrons. The van der Waals surface area contributed by atoms with Gasteiger partial charge in [-0.2, -0.15) is 0 Å². The van der Waals surface area contributed by atoms with Gasteiger partial charge in [0.2, 0.25) is 0 Å². The van der Waals surface area contributed by atoms with Gasteiger partial charge in [-0.3, -0.25) is 4.90 Å². The third kappa shape index (κ3) is 5.41. The summed E-state index contributed by atoms with van der Waals surface area (Å²) in [4.78, 5) is 2.61. The maximum atomic E-state index is 6.14. The van der Waals surface area contributed by atoms with E-state index in [1.165, 1.54) is 44.9 Å². The van der Waals surface area contributed by atoms with Crippen LogP contribution < -0.4 is 5.73 Å². The van der Waals surface area contributed by atoms with E-state index in [2.05, 4.69) is 18.7 Å². The van der Waals surface area contributed by atoms with Gasteiger partial charge in [-0.25, -0.2) is 0 Å². The van der Waals surface area contributed by atoms with E-state index in [0.29, 0.717) is 12.1 Å². The van der Waals surface area contributed by atoms with Crippen molar-refractivity contribution in [3.63, 3.8) is 0 Å². The molecule has 0 heterocycles. The second-order valence-corrected chi connectivity index (χ2v) is 6.04. The van der Waals surface area contributed by atoms with Crippen molar-refractivity contribution < 1.29 is 4.74 Å². The highest BCUT2D eigenvalue weighted by molar-refractivity contribution is 4.84. The maximum absolute atomic E-state index is 6.14. The first-order valence-corrected chi connectivity index (χ1v) is 8.19. The van der Waals surface area contributed by atoms with Gasteiger partial charge in [0, 0.05) is 32.3 Å². The lowest BCUT2D eigenvalue weighted by Crippen LogP contribution is -2.50. The van der Waals surface area contributed by atoms with Gasteiger partial charge < -0.3 is 10.5 Å². The second-order valence-electron chi connectivity index (χ2n) is 6.04. The molecule has 1 aliphatic rings. The Bertz CT molecular complexity index is 215. The molecule has 1 saturated carbocycles. The summed E-state index contributed by atoms with van der Waals surface area (Å²) in [5.74, 6) is 0.790. The molecular weight excluding hydrogens is 236 g/mol. The first-order valence-electron chi connectivity index (χ1n) is 8.19. The SMILES string of the molecule is CCC(C)N(CCOC)C(CN)C1CCCCCC1. The van der Waals surface area contributed by atoms with Crippen LogP contribution in [0.3, 0.4) is 0 Å². The molecule has 1 fully saturated rings. The smallest absolute Gasteiger partial charge is 0.0589 e. The predicted molar refractivity (Wildman–Crippen MR) is 82.4 cm³/mol. The van der Waals surface area contributed by atoms with Gasteiger partial charge in [-0.05, 0) is 32.1 Å². The molecule has 0 aromatic heterocycles. The average molecular weight is 270 g/mol. The molecule has 0 aromatic carbocycles. The van der Waals surface area contributed by atoms with Crippen LogP contribution in [0.5, 0.6) is 0 Å². The lowest BCUT2D eigenvalue weighted by atomic mass is 9.89. The quantitative estimate of drug-likeness (QED) is 0.689. The molecule has 2 N–H and O–H groups in total. The molecule has 0 spiro atoms. The summed E-state index contributed by atoms with van der Waals surface area (Å²) in [5.41, 5.74) is 6.14. The van der Waals surface area contributed by atoms with Crippen LogP contribution in [-0.4, -0.2) is 43.8 Å².